The molecule has 0 spiro atoms. The zero-order chi connectivity index (χ0) is 18.6. The minimum Gasteiger partial charge on any atom is -0.378 e. The Morgan fingerprint density at radius 2 is 2.04 bits per heavy atom. The van der Waals surface area contributed by atoms with Crippen molar-refractivity contribution in [3.63, 3.8) is 0 Å². The fourth-order valence-corrected chi connectivity index (χ4v) is 2.88. The summed E-state index contributed by atoms with van der Waals surface area (Å²) in [5, 5.41) is 13.5. The Morgan fingerprint density at radius 3 is 2.70 bits per heavy atom. The molecule has 8 nitrogen and oxygen atoms in total. The third-order valence-corrected chi connectivity index (χ3v) is 4.27. The highest BCUT2D eigenvalue weighted by Crippen LogP contribution is 2.23. The van der Waals surface area contributed by atoms with Gasteiger partial charge in [0.2, 0.25) is 0 Å². The predicted octanol–water partition coefficient (Wildman–Crippen LogP) is 1.67. The van der Waals surface area contributed by atoms with Crippen LogP contribution in [0.1, 0.15) is 16.1 Å². The standard InChI is InChI=1S/C19H16N6O2/c20-11-14-3-4-16(22-12-14)18-10-17(19(26)24-6-8-27-9-7-24)23-25(18)15-2-1-5-21-13-15/h1-5,10,12-13H,6-9H2. The minimum atomic E-state index is -0.143. The third-order valence-electron chi connectivity index (χ3n) is 4.27. The summed E-state index contributed by atoms with van der Waals surface area (Å²) in [5.41, 5.74) is 2.80. The van der Waals surface area contributed by atoms with E-state index in [-0.39, 0.29) is 5.91 Å². The Bertz CT molecular complexity index is 985. The Kier molecular flexibility index (Phi) is 4.60. The minimum absolute atomic E-state index is 0.143. The van der Waals surface area contributed by atoms with E-state index in [1.807, 2.05) is 6.07 Å². The van der Waals surface area contributed by atoms with E-state index in [4.69, 9.17) is 10.00 Å². The van der Waals surface area contributed by atoms with Gasteiger partial charge in [0.05, 0.1) is 42.0 Å². The molecule has 3 aromatic heterocycles. The second-order valence-corrected chi connectivity index (χ2v) is 5.99. The number of hydrogen-bond donors (Lipinski definition) is 0. The third kappa shape index (κ3) is 3.41. The first-order chi connectivity index (χ1) is 13.3. The van der Waals surface area contributed by atoms with Gasteiger partial charge in [-0.2, -0.15) is 10.4 Å². The zero-order valence-corrected chi connectivity index (χ0v) is 14.4. The lowest BCUT2D eigenvalue weighted by Gasteiger charge is -2.25. The molecule has 0 aliphatic carbocycles. The maximum atomic E-state index is 12.8. The van der Waals surface area contributed by atoms with Crippen LogP contribution in [-0.2, 0) is 4.74 Å². The van der Waals surface area contributed by atoms with Crippen LogP contribution in [0.15, 0.2) is 48.9 Å². The number of rotatable bonds is 3. The normalized spacial score (nSPS) is 14.0. The molecule has 0 saturated carbocycles. The molecule has 27 heavy (non-hydrogen) atoms. The monoisotopic (exact) mass is 360 g/mol. The van der Waals surface area contributed by atoms with E-state index in [0.717, 1.165) is 5.69 Å². The number of amides is 1. The summed E-state index contributed by atoms with van der Waals surface area (Å²) < 4.78 is 6.96. The lowest BCUT2D eigenvalue weighted by molar-refractivity contribution is 0.0298. The van der Waals surface area contributed by atoms with Crippen LogP contribution in [0.25, 0.3) is 17.1 Å². The molecule has 0 aromatic carbocycles. The molecule has 0 N–H and O–H groups in total. The lowest BCUT2D eigenvalue weighted by atomic mass is 10.2. The van der Waals surface area contributed by atoms with E-state index >= 15 is 0 Å². The quantitative estimate of drug-likeness (QED) is 0.705. The van der Waals surface area contributed by atoms with E-state index < -0.39 is 0 Å². The maximum absolute atomic E-state index is 12.8. The SMILES string of the molecule is N#Cc1ccc(-c2cc(C(=O)N3CCOCC3)nn2-c2cccnc2)nc1. The van der Waals surface area contributed by atoms with Gasteiger partial charge in [0.1, 0.15) is 6.07 Å². The second-order valence-electron chi connectivity index (χ2n) is 5.99. The van der Waals surface area contributed by atoms with Gasteiger partial charge in [0.25, 0.3) is 5.91 Å². The molecular formula is C19H16N6O2. The van der Waals surface area contributed by atoms with Crippen molar-refractivity contribution in [2.75, 3.05) is 26.3 Å². The van der Waals surface area contributed by atoms with Crippen molar-refractivity contribution in [2.24, 2.45) is 0 Å². The number of nitrogens with zero attached hydrogens (tertiary/aromatic N) is 6. The van der Waals surface area contributed by atoms with Crippen LogP contribution >= 0.6 is 0 Å². The van der Waals surface area contributed by atoms with Gasteiger partial charge in [0.15, 0.2) is 5.69 Å². The van der Waals surface area contributed by atoms with E-state index in [1.165, 1.54) is 6.20 Å². The van der Waals surface area contributed by atoms with E-state index in [1.54, 1.807) is 46.2 Å². The van der Waals surface area contributed by atoms with E-state index in [0.29, 0.717) is 48.9 Å². The molecule has 1 aliphatic heterocycles. The van der Waals surface area contributed by atoms with E-state index in [9.17, 15) is 4.79 Å². The first kappa shape index (κ1) is 16.9. The summed E-state index contributed by atoms with van der Waals surface area (Å²) in [6, 6.07) is 10.9. The molecule has 1 saturated heterocycles. The number of nitriles is 1. The molecule has 4 heterocycles. The second kappa shape index (κ2) is 7.35. The maximum Gasteiger partial charge on any atom is 0.274 e. The van der Waals surface area contributed by atoms with Crippen LogP contribution in [0, 0.1) is 11.3 Å². The molecule has 8 heteroatoms. The number of ether oxygens (including phenoxy) is 1. The molecular weight excluding hydrogens is 344 g/mol. The first-order valence-electron chi connectivity index (χ1n) is 8.50. The number of carbonyl (C=O) groups excluding carboxylic acids is 1. The van der Waals surface area contributed by atoms with Crippen molar-refractivity contribution < 1.29 is 9.53 Å². The summed E-state index contributed by atoms with van der Waals surface area (Å²) in [6.45, 7) is 2.14. The highest BCUT2D eigenvalue weighted by atomic mass is 16.5. The van der Waals surface area contributed by atoms with Gasteiger partial charge < -0.3 is 9.64 Å². The fourth-order valence-electron chi connectivity index (χ4n) is 2.88. The molecule has 1 aliphatic rings. The van der Waals surface area contributed by atoms with Crippen LogP contribution < -0.4 is 0 Å². The van der Waals surface area contributed by atoms with Gasteiger partial charge in [-0.05, 0) is 30.3 Å². The number of aromatic nitrogens is 4. The predicted molar refractivity (Wildman–Crippen MR) is 96.0 cm³/mol. The molecule has 0 radical (unpaired) electrons. The summed E-state index contributed by atoms with van der Waals surface area (Å²) in [4.78, 5) is 23.0. The van der Waals surface area contributed by atoms with Gasteiger partial charge in [-0.15, -0.1) is 0 Å². The van der Waals surface area contributed by atoms with Gasteiger partial charge in [0, 0.05) is 25.5 Å². The molecule has 1 fully saturated rings. The average molecular weight is 360 g/mol. The molecule has 1 amide bonds. The molecule has 134 valence electrons. The van der Waals surface area contributed by atoms with Crippen LogP contribution in [0.3, 0.4) is 0 Å². The molecule has 0 bridgehead atoms. The molecule has 3 aromatic rings. The highest BCUT2D eigenvalue weighted by molar-refractivity contribution is 5.93. The number of hydrogen-bond acceptors (Lipinski definition) is 6. The van der Waals surface area contributed by atoms with E-state index in [2.05, 4.69) is 21.1 Å². The topological polar surface area (TPSA) is 96.9 Å². The smallest absolute Gasteiger partial charge is 0.274 e. The summed E-state index contributed by atoms with van der Waals surface area (Å²) >= 11 is 0. The average Bonchev–Trinajstić information content (AvgIpc) is 3.20. The summed E-state index contributed by atoms with van der Waals surface area (Å²) in [6.07, 6.45) is 4.84. The molecule has 0 unspecified atom stereocenters. The van der Waals surface area contributed by atoms with Gasteiger partial charge in [-0.3, -0.25) is 14.8 Å². The van der Waals surface area contributed by atoms with Crippen molar-refractivity contribution in [3.05, 3.63) is 60.2 Å². The number of carbonyl (C=O) groups is 1. The highest BCUT2D eigenvalue weighted by Gasteiger charge is 2.23. The van der Waals surface area contributed by atoms with Crippen LogP contribution in [0.5, 0.6) is 0 Å². The van der Waals surface area contributed by atoms with Crippen molar-refractivity contribution in [1.82, 2.24) is 24.6 Å². The summed E-state index contributed by atoms with van der Waals surface area (Å²) in [7, 11) is 0. The summed E-state index contributed by atoms with van der Waals surface area (Å²) in [5.74, 6) is -0.143. The van der Waals surface area contributed by atoms with Crippen LogP contribution in [0.4, 0.5) is 0 Å². The zero-order valence-electron chi connectivity index (χ0n) is 14.4. The Balaban J connectivity index is 1.77. The Labute approximate surface area is 155 Å². The van der Waals surface area contributed by atoms with Gasteiger partial charge in [-0.25, -0.2) is 4.68 Å². The number of pyridine rings is 2. The largest absolute Gasteiger partial charge is 0.378 e. The van der Waals surface area contributed by atoms with Gasteiger partial charge >= 0.3 is 0 Å². The fraction of sp³-hybridized carbons (Fsp3) is 0.211. The van der Waals surface area contributed by atoms with Gasteiger partial charge in [-0.1, -0.05) is 0 Å². The van der Waals surface area contributed by atoms with Crippen molar-refractivity contribution in [3.8, 4) is 23.1 Å². The molecule has 0 atom stereocenters. The first-order valence-corrected chi connectivity index (χ1v) is 8.50. The van der Waals surface area contributed by atoms with Crippen molar-refractivity contribution in [2.45, 2.75) is 0 Å². The molecule has 4 rings (SSSR count). The van der Waals surface area contributed by atoms with Crippen molar-refractivity contribution in [1.29, 1.82) is 5.26 Å². The number of morpholine rings is 1. The van der Waals surface area contributed by atoms with Crippen LogP contribution in [-0.4, -0.2) is 56.9 Å². The Hall–Kier alpha value is -3.57. The van der Waals surface area contributed by atoms with Crippen LogP contribution in [0.2, 0.25) is 0 Å². The van der Waals surface area contributed by atoms with Crippen molar-refractivity contribution >= 4 is 5.91 Å². The Morgan fingerprint density at radius 1 is 1.19 bits per heavy atom. The lowest BCUT2D eigenvalue weighted by Crippen LogP contribution is -2.40.